The zero-order valence-electron chi connectivity index (χ0n) is 10.8. The van der Waals surface area contributed by atoms with Crippen LogP contribution < -0.4 is 10.1 Å². The molecule has 1 N–H and O–H groups in total. The number of hydrogen-bond acceptors (Lipinski definition) is 4. The summed E-state index contributed by atoms with van der Waals surface area (Å²) in [5.41, 5.74) is 0.843. The second-order valence-corrected chi connectivity index (χ2v) is 6.36. The van der Waals surface area contributed by atoms with E-state index in [1.54, 1.807) is 30.7 Å². The molecule has 0 atom stereocenters. The molecule has 104 valence electrons. The number of pyridine rings is 1. The summed E-state index contributed by atoms with van der Waals surface area (Å²) in [6, 6.07) is 7.57. The van der Waals surface area contributed by atoms with Crippen molar-refractivity contribution in [1.29, 1.82) is 0 Å². The largest absolute Gasteiger partial charge is 0.481 e. The fourth-order valence-electron chi connectivity index (χ4n) is 1.56. The van der Waals surface area contributed by atoms with E-state index in [1.165, 1.54) is 6.08 Å². The van der Waals surface area contributed by atoms with E-state index in [9.17, 15) is 4.79 Å². The van der Waals surface area contributed by atoms with Gasteiger partial charge in [-0.05, 0) is 40.2 Å². The van der Waals surface area contributed by atoms with Crippen molar-refractivity contribution in [3.63, 3.8) is 0 Å². The minimum Gasteiger partial charge on any atom is -0.481 e. The van der Waals surface area contributed by atoms with Crippen LogP contribution in [0, 0.1) is 0 Å². The van der Waals surface area contributed by atoms with Gasteiger partial charge in [0.05, 0.1) is 10.9 Å². The number of methoxy groups -OCH3 is 1. The quantitative estimate of drug-likeness (QED) is 0.840. The minimum absolute atomic E-state index is 0.152. The SMILES string of the molecule is COc1ncccc1CNC(=O)/C=C/c1ccc(Br)s1. The van der Waals surface area contributed by atoms with Gasteiger partial charge in [-0.25, -0.2) is 4.98 Å². The molecule has 0 unspecified atom stereocenters. The zero-order valence-corrected chi connectivity index (χ0v) is 13.2. The molecule has 2 heterocycles. The molecule has 2 rings (SSSR count). The Morgan fingerprint density at radius 1 is 1.50 bits per heavy atom. The maximum absolute atomic E-state index is 11.7. The normalized spacial score (nSPS) is 10.7. The lowest BCUT2D eigenvalue weighted by atomic mass is 10.2. The van der Waals surface area contributed by atoms with Crippen molar-refractivity contribution in [2.75, 3.05) is 7.11 Å². The average molecular weight is 353 g/mol. The van der Waals surface area contributed by atoms with Crippen molar-refractivity contribution in [2.24, 2.45) is 0 Å². The number of amides is 1. The van der Waals surface area contributed by atoms with Crippen LogP contribution in [0.2, 0.25) is 0 Å². The van der Waals surface area contributed by atoms with Gasteiger partial charge < -0.3 is 10.1 Å². The molecule has 0 aromatic carbocycles. The number of thiophene rings is 1. The molecule has 4 nitrogen and oxygen atoms in total. The summed E-state index contributed by atoms with van der Waals surface area (Å²) in [5, 5.41) is 2.80. The van der Waals surface area contributed by atoms with E-state index >= 15 is 0 Å². The zero-order chi connectivity index (χ0) is 14.4. The highest BCUT2D eigenvalue weighted by molar-refractivity contribution is 9.11. The summed E-state index contributed by atoms with van der Waals surface area (Å²) in [6.45, 7) is 0.383. The molecule has 0 radical (unpaired) electrons. The maximum atomic E-state index is 11.7. The van der Waals surface area contributed by atoms with E-state index in [0.29, 0.717) is 12.4 Å². The molecule has 0 aliphatic rings. The fourth-order valence-corrected chi connectivity index (χ4v) is 2.89. The monoisotopic (exact) mass is 352 g/mol. The second kappa shape index (κ2) is 7.21. The molecular weight excluding hydrogens is 340 g/mol. The molecule has 0 bridgehead atoms. The lowest BCUT2D eigenvalue weighted by Gasteiger charge is -2.06. The third-order valence-corrected chi connectivity index (χ3v) is 4.08. The minimum atomic E-state index is -0.152. The third-order valence-electron chi connectivity index (χ3n) is 2.49. The number of nitrogens with one attached hydrogen (secondary N) is 1. The van der Waals surface area contributed by atoms with Crippen LogP contribution >= 0.6 is 27.3 Å². The van der Waals surface area contributed by atoms with Gasteiger partial charge in [-0.2, -0.15) is 0 Å². The second-order valence-electron chi connectivity index (χ2n) is 3.86. The van der Waals surface area contributed by atoms with Crippen molar-refractivity contribution in [3.05, 3.63) is 50.8 Å². The Hall–Kier alpha value is -1.66. The molecule has 0 saturated carbocycles. The van der Waals surface area contributed by atoms with Gasteiger partial charge in [0.25, 0.3) is 0 Å². The van der Waals surface area contributed by atoms with Crippen molar-refractivity contribution >= 4 is 39.2 Å². The molecule has 0 aliphatic heterocycles. The number of halogens is 1. The smallest absolute Gasteiger partial charge is 0.244 e. The van der Waals surface area contributed by atoms with Gasteiger partial charge in [-0.1, -0.05) is 6.07 Å². The molecule has 1 amide bonds. The first-order valence-corrected chi connectivity index (χ1v) is 7.49. The number of rotatable bonds is 5. The highest BCUT2D eigenvalue weighted by Gasteiger charge is 2.04. The lowest BCUT2D eigenvalue weighted by Crippen LogP contribution is -2.20. The number of hydrogen-bond donors (Lipinski definition) is 1. The Morgan fingerprint density at radius 2 is 2.35 bits per heavy atom. The predicted octanol–water partition coefficient (Wildman–Crippen LogP) is 3.24. The average Bonchev–Trinajstić information content (AvgIpc) is 2.89. The van der Waals surface area contributed by atoms with Crippen LogP contribution in [-0.2, 0) is 11.3 Å². The van der Waals surface area contributed by atoms with Crippen LogP contribution in [0.4, 0.5) is 0 Å². The van der Waals surface area contributed by atoms with Gasteiger partial charge in [0.1, 0.15) is 0 Å². The summed E-state index contributed by atoms with van der Waals surface area (Å²) in [7, 11) is 1.56. The van der Waals surface area contributed by atoms with Crippen LogP contribution in [-0.4, -0.2) is 18.0 Å². The Kier molecular flexibility index (Phi) is 5.31. The van der Waals surface area contributed by atoms with E-state index in [1.807, 2.05) is 24.3 Å². The Bertz CT molecular complexity index is 625. The van der Waals surface area contributed by atoms with E-state index < -0.39 is 0 Å². The van der Waals surface area contributed by atoms with E-state index in [-0.39, 0.29) is 5.91 Å². The first kappa shape index (κ1) is 14.7. The highest BCUT2D eigenvalue weighted by Crippen LogP contribution is 2.22. The van der Waals surface area contributed by atoms with Crippen LogP contribution in [0.25, 0.3) is 6.08 Å². The first-order valence-electron chi connectivity index (χ1n) is 5.88. The molecule has 6 heteroatoms. The number of carbonyl (C=O) groups excluding carboxylic acids is 1. The highest BCUT2D eigenvalue weighted by atomic mass is 79.9. The first-order chi connectivity index (χ1) is 9.69. The standard InChI is InChI=1S/C14H13BrN2O2S/c1-19-14-10(3-2-8-16-14)9-17-13(18)7-5-11-4-6-12(15)20-11/h2-8H,9H2,1H3,(H,17,18)/b7-5+. The molecule has 0 saturated heterocycles. The number of ether oxygens (including phenoxy) is 1. The number of nitrogens with zero attached hydrogens (tertiary/aromatic N) is 1. The van der Waals surface area contributed by atoms with Crippen LogP contribution in [0.3, 0.4) is 0 Å². The Morgan fingerprint density at radius 3 is 3.05 bits per heavy atom. The fraction of sp³-hybridized carbons (Fsp3) is 0.143. The molecule has 20 heavy (non-hydrogen) atoms. The van der Waals surface area contributed by atoms with Crippen molar-refractivity contribution in [1.82, 2.24) is 10.3 Å². The van der Waals surface area contributed by atoms with Gasteiger partial charge >= 0.3 is 0 Å². The summed E-state index contributed by atoms with van der Waals surface area (Å²) < 4.78 is 6.17. The topological polar surface area (TPSA) is 51.2 Å². The van der Waals surface area contributed by atoms with Crippen molar-refractivity contribution in [3.8, 4) is 5.88 Å². The Balaban J connectivity index is 1.90. The van der Waals surface area contributed by atoms with Gasteiger partial charge in [-0.3, -0.25) is 4.79 Å². The third kappa shape index (κ3) is 4.18. The van der Waals surface area contributed by atoms with Crippen molar-refractivity contribution < 1.29 is 9.53 Å². The maximum Gasteiger partial charge on any atom is 0.244 e. The van der Waals surface area contributed by atoms with E-state index in [2.05, 4.69) is 26.2 Å². The van der Waals surface area contributed by atoms with Gasteiger partial charge in [-0.15, -0.1) is 11.3 Å². The van der Waals surface area contributed by atoms with Crippen LogP contribution in [0.15, 0.2) is 40.3 Å². The van der Waals surface area contributed by atoms with Gasteiger partial charge in [0, 0.05) is 29.3 Å². The molecule has 0 aliphatic carbocycles. The van der Waals surface area contributed by atoms with Crippen LogP contribution in [0.5, 0.6) is 5.88 Å². The van der Waals surface area contributed by atoms with E-state index in [0.717, 1.165) is 14.2 Å². The summed E-state index contributed by atoms with van der Waals surface area (Å²) >= 11 is 4.95. The van der Waals surface area contributed by atoms with Crippen molar-refractivity contribution in [2.45, 2.75) is 6.54 Å². The van der Waals surface area contributed by atoms with Crippen LogP contribution in [0.1, 0.15) is 10.4 Å². The van der Waals surface area contributed by atoms with E-state index in [4.69, 9.17) is 4.74 Å². The van der Waals surface area contributed by atoms with Gasteiger partial charge in [0.15, 0.2) is 0 Å². The molecular formula is C14H13BrN2O2S. The summed E-state index contributed by atoms with van der Waals surface area (Å²) in [5.74, 6) is 0.374. The lowest BCUT2D eigenvalue weighted by molar-refractivity contribution is -0.116. The van der Waals surface area contributed by atoms with Gasteiger partial charge in [0.2, 0.25) is 11.8 Å². The predicted molar refractivity (Wildman–Crippen MR) is 83.7 cm³/mol. The summed E-state index contributed by atoms with van der Waals surface area (Å²) in [4.78, 5) is 16.8. The molecule has 2 aromatic heterocycles. The molecule has 2 aromatic rings. The number of carbonyl (C=O) groups is 1. The molecule has 0 fully saturated rings. The molecule has 0 spiro atoms. The summed E-state index contributed by atoms with van der Waals surface area (Å²) in [6.07, 6.45) is 4.95. The number of aromatic nitrogens is 1. The Labute approximate surface area is 129 Å².